The van der Waals surface area contributed by atoms with Gasteiger partial charge in [0.15, 0.2) is 0 Å². The lowest BCUT2D eigenvalue weighted by Gasteiger charge is -2.43. The van der Waals surface area contributed by atoms with E-state index in [1.807, 2.05) is 0 Å². The van der Waals surface area contributed by atoms with Gasteiger partial charge in [-0.05, 0) is 71.6 Å². The fraction of sp³-hybridized carbons (Fsp3) is 0.933. The molecule has 2 aliphatic rings. The molecule has 0 aromatic rings. The average molecular weight is 268 g/mol. The Kier molecular flexibility index (Phi) is 5.22. The first-order chi connectivity index (χ1) is 9.06. The number of hydrogen-bond donors (Lipinski definition) is 1. The minimum Gasteiger partial charge on any atom is -0.481 e. The molecule has 2 rings (SSSR count). The summed E-state index contributed by atoms with van der Waals surface area (Å²) in [5, 5.41) is 8.74. The van der Waals surface area contributed by atoms with Crippen molar-refractivity contribution < 1.29 is 9.90 Å². The highest BCUT2D eigenvalue weighted by molar-refractivity contribution is 5.66. The van der Waals surface area contributed by atoms with Gasteiger partial charge in [-0.15, -0.1) is 0 Å². The summed E-state index contributed by atoms with van der Waals surface area (Å²) < 4.78 is 0. The standard InChI is InChI=1S/C15H28N2O2/c1-12-11-14(7-8-16(12)2)17-9-5-13(6-10-17)3-4-15(18)19/h12-14H,3-11H2,1-2H3,(H,18,19). The summed E-state index contributed by atoms with van der Waals surface area (Å²) in [6.45, 7) is 5.88. The van der Waals surface area contributed by atoms with Crippen LogP contribution in [0, 0.1) is 5.92 Å². The smallest absolute Gasteiger partial charge is 0.303 e. The lowest BCUT2D eigenvalue weighted by atomic mass is 9.89. The van der Waals surface area contributed by atoms with Crippen molar-refractivity contribution in [2.45, 2.75) is 57.5 Å². The summed E-state index contributed by atoms with van der Waals surface area (Å²) in [6, 6.07) is 1.45. The molecule has 4 heteroatoms. The van der Waals surface area contributed by atoms with Crippen molar-refractivity contribution >= 4 is 5.97 Å². The summed E-state index contributed by atoms with van der Waals surface area (Å²) in [6.07, 6.45) is 6.17. The normalized spacial score (nSPS) is 31.5. The van der Waals surface area contributed by atoms with E-state index in [0.29, 0.717) is 18.4 Å². The molecule has 0 aromatic heterocycles. The van der Waals surface area contributed by atoms with Crippen molar-refractivity contribution in [2.75, 3.05) is 26.7 Å². The third-order valence-electron chi connectivity index (χ3n) is 5.11. The van der Waals surface area contributed by atoms with E-state index in [1.165, 1.54) is 45.3 Å². The van der Waals surface area contributed by atoms with Crippen LogP contribution in [0.2, 0.25) is 0 Å². The Morgan fingerprint density at radius 3 is 2.47 bits per heavy atom. The number of piperidine rings is 2. The Hall–Kier alpha value is -0.610. The first kappa shape index (κ1) is 14.8. The lowest BCUT2D eigenvalue weighted by molar-refractivity contribution is -0.137. The predicted octanol–water partition coefficient (Wildman–Crippen LogP) is 2.05. The molecule has 2 aliphatic heterocycles. The van der Waals surface area contributed by atoms with Crippen molar-refractivity contribution in [3.63, 3.8) is 0 Å². The molecule has 0 aromatic carbocycles. The quantitative estimate of drug-likeness (QED) is 0.847. The maximum absolute atomic E-state index is 10.6. The average Bonchev–Trinajstić information content (AvgIpc) is 2.40. The summed E-state index contributed by atoms with van der Waals surface area (Å²) in [5.41, 5.74) is 0. The van der Waals surface area contributed by atoms with Crippen molar-refractivity contribution in [2.24, 2.45) is 5.92 Å². The van der Waals surface area contributed by atoms with E-state index < -0.39 is 5.97 Å². The molecule has 0 spiro atoms. The van der Waals surface area contributed by atoms with Crippen molar-refractivity contribution in [3.05, 3.63) is 0 Å². The zero-order valence-corrected chi connectivity index (χ0v) is 12.3. The summed E-state index contributed by atoms with van der Waals surface area (Å²) in [4.78, 5) is 15.7. The molecule has 2 atom stereocenters. The molecule has 2 saturated heterocycles. The third-order valence-corrected chi connectivity index (χ3v) is 5.11. The van der Waals surface area contributed by atoms with Gasteiger partial charge in [0.2, 0.25) is 0 Å². The van der Waals surface area contributed by atoms with Crippen LogP contribution in [-0.2, 0) is 4.79 Å². The molecule has 0 saturated carbocycles. The second-order valence-electron chi connectivity index (χ2n) is 6.42. The number of carbonyl (C=O) groups is 1. The molecule has 0 radical (unpaired) electrons. The van der Waals surface area contributed by atoms with Gasteiger partial charge in [0.1, 0.15) is 0 Å². The van der Waals surface area contributed by atoms with Gasteiger partial charge >= 0.3 is 5.97 Å². The minimum atomic E-state index is -0.647. The van der Waals surface area contributed by atoms with E-state index >= 15 is 0 Å². The van der Waals surface area contributed by atoms with Gasteiger partial charge < -0.3 is 14.9 Å². The number of carboxylic acid groups (broad SMARTS) is 1. The fourth-order valence-electron chi connectivity index (χ4n) is 3.53. The van der Waals surface area contributed by atoms with Crippen molar-refractivity contribution in [1.29, 1.82) is 0 Å². The monoisotopic (exact) mass is 268 g/mol. The summed E-state index contributed by atoms with van der Waals surface area (Å²) >= 11 is 0. The molecule has 110 valence electrons. The van der Waals surface area contributed by atoms with Gasteiger partial charge in [-0.3, -0.25) is 4.79 Å². The zero-order chi connectivity index (χ0) is 13.8. The molecule has 0 aliphatic carbocycles. The van der Waals surface area contributed by atoms with Crippen molar-refractivity contribution in [1.82, 2.24) is 9.80 Å². The molecule has 2 unspecified atom stereocenters. The van der Waals surface area contributed by atoms with Gasteiger partial charge in [-0.2, -0.15) is 0 Å². The minimum absolute atomic E-state index is 0.343. The number of hydrogen-bond acceptors (Lipinski definition) is 3. The Labute approximate surface area is 116 Å². The largest absolute Gasteiger partial charge is 0.481 e. The van der Waals surface area contributed by atoms with Crippen LogP contribution in [0.15, 0.2) is 0 Å². The maximum Gasteiger partial charge on any atom is 0.303 e. The fourth-order valence-corrected chi connectivity index (χ4v) is 3.53. The lowest BCUT2D eigenvalue weighted by Crippen LogP contribution is -2.49. The van der Waals surface area contributed by atoms with Gasteiger partial charge in [0.25, 0.3) is 0 Å². The second kappa shape index (κ2) is 6.71. The number of likely N-dealkylation sites (tertiary alicyclic amines) is 2. The third kappa shape index (κ3) is 4.18. The number of carboxylic acids is 1. The topological polar surface area (TPSA) is 43.8 Å². The van der Waals surface area contributed by atoms with Gasteiger partial charge in [-0.25, -0.2) is 0 Å². The first-order valence-corrected chi connectivity index (χ1v) is 7.72. The summed E-state index contributed by atoms with van der Waals surface area (Å²) in [7, 11) is 2.22. The highest BCUT2D eigenvalue weighted by Crippen LogP contribution is 2.27. The Balaban J connectivity index is 1.72. The van der Waals surface area contributed by atoms with Gasteiger partial charge in [-0.1, -0.05) is 0 Å². The van der Waals surface area contributed by atoms with E-state index in [1.54, 1.807) is 0 Å². The van der Waals surface area contributed by atoms with Crippen LogP contribution in [-0.4, -0.2) is 59.6 Å². The van der Waals surface area contributed by atoms with Crippen LogP contribution in [0.1, 0.15) is 45.4 Å². The molecule has 0 amide bonds. The first-order valence-electron chi connectivity index (χ1n) is 7.72. The van der Waals surface area contributed by atoms with E-state index in [4.69, 9.17) is 5.11 Å². The predicted molar refractivity (Wildman–Crippen MR) is 76.3 cm³/mol. The molecule has 2 fully saturated rings. The maximum atomic E-state index is 10.6. The molecule has 0 bridgehead atoms. The molecule has 1 N–H and O–H groups in total. The zero-order valence-electron chi connectivity index (χ0n) is 12.3. The van der Waals surface area contributed by atoms with E-state index in [0.717, 1.165) is 12.5 Å². The van der Waals surface area contributed by atoms with Crippen LogP contribution in [0.4, 0.5) is 0 Å². The van der Waals surface area contributed by atoms with Gasteiger partial charge in [0, 0.05) is 18.5 Å². The van der Waals surface area contributed by atoms with Crippen LogP contribution in [0.25, 0.3) is 0 Å². The number of aliphatic carboxylic acids is 1. The highest BCUT2D eigenvalue weighted by atomic mass is 16.4. The van der Waals surface area contributed by atoms with Crippen molar-refractivity contribution in [3.8, 4) is 0 Å². The summed E-state index contributed by atoms with van der Waals surface area (Å²) in [5.74, 6) is -0.0115. The number of nitrogens with zero attached hydrogens (tertiary/aromatic N) is 2. The highest BCUT2D eigenvalue weighted by Gasteiger charge is 2.30. The Bertz CT molecular complexity index is 301. The molecular weight excluding hydrogens is 240 g/mol. The Morgan fingerprint density at radius 2 is 1.89 bits per heavy atom. The van der Waals surface area contributed by atoms with Crippen LogP contribution in [0.3, 0.4) is 0 Å². The second-order valence-corrected chi connectivity index (χ2v) is 6.42. The van der Waals surface area contributed by atoms with Crippen LogP contribution >= 0.6 is 0 Å². The van der Waals surface area contributed by atoms with E-state index in [9.17, 15) is 4.79 Å². The molecule has 2 heterocycles. The van der Waals surface area contributed by atoms with E-state index in [-0.39, 0.29) is 0 Å². The number of rotatable bonds is 4. The molecule has 4 nitrogen and oxygen atoms in total. The molecule has 19 heavy (non-hydrogen) atoms. The van der Waals surface area contributed by atoms with Crippen LogP contribution < -0.4 is 0 Å². The van der Waals surface area contributed by atoms with Gasteiger partial charge in [0.05, 0.1) is 0 Å². The molecular formula is C15H28N2O2. The van der Waals surface area contributed by atoms with Crippen LogP contribution in [0.5, 0.6) is 0 Å². The Morgan fingerprint density at radius 1 is 1.21 bits per heavy atom. The van der Waals surface area contributed by atoms with E-state index in [2.05, 4.69) is 23.8 Å². The SMILES string of the molecule is CC1CC(N2CCC(CCC(=O)O)CC2)CCN1C.